The molecule has 0 aliphatic carbocycles. The zero-order valence-corrected chi connectivity index (χ0v) is 7.68. The van der Waals surface area contributed by atoms with Crippen LogP contribution in [0.15, 0.2) is 24.8 Å². The molecule has 0 fully saturated rings. The summed E-state index contributed by atoms with van der Waals surface area (Å²) in [7, 11) is 0. The van der Waals surface area contributed by atoms with Crippen LogP contribution in [-0.2, 0) is 0 Å². The molecule has 0 unspecified atom stereocenters. The summed E-state index contributed by atoms with van der Waals surface area (Å²) in [4.78, 5) is 0. The van der Waals surface area contributed by atoms with Crippen LogP contribution in [0.1, 0.15) is 45.4 Å². The summed E-state index contributed by atoms with van der Waals surface area (Å²) in [6, 6.07) is 0. The summed E-state index contributed by atoms with van der Waals surface area (Å²) >= 11 is 0. The highest BCUT2D eigenvalue weighted by atomic mass is 13.9. The van der Waals surface area contributed by atoms with E-state index in [-0.39, 0.29) is 0 Å². The molecule has 0 aromatic rings. The zero-order chi connectivity index (χ0) is 8.36. The van der Waals surface area contributed by atoms with Crippen molar-refractivity contribution < 1.29 is 0 Å². The van der Waals surface area contributed by atoms with Gasteiger partial charge in [0, 0.05) is 0 Å². The van der Waals surface area contributed by atoms with Crippen molar-refractivity contribution in [3.63, 3.8) is 0 Å². The van der Waals surface area contributed by atoms with Crippen molar-refractivity contribution in [2.75, 3.05) is 0 Å². The van der Waals surface area contributed by atoms with E-state index in [1.807, 2.05) is 6.08 Å². The molecule has 0 N–H and O–H groups in total. The SMILES string of the molecule is C=CCC/C=C\CCCCC. The van der Waals surface area contributed by atoms with E-state index in [1.54, 1.807) is 0 Å². The van der Waals surface area contributed by atoms with Gasteiger partial charge >= 0.3 is 0 Å². The number of unbranched alkanes of at least 4 members (excludes halogenated alkanes) is 4. The van der Waals surface area contributed by atoms with Gasteiger partial charge in [0.15, 0.2) is 0 Å². The number of rotatable bonds is 7. The van der Waals surface area contributed by atoms with E-state index in [0.717, 1.165) is 12.8 Å². The molecule has 0 aromatic carbocycles. The molecule has 0 spiro atoms. The van der Waals surface area contributed by atoms with Gasteiger partial charge in [-0.25, -0.2) is 0 Å². The van der Waals surface area contributed by atoms with Gasteiger partial charge in [0.05, 0.1) is 0 Å². The van der Waals surface area contributed by atoms with Crippen molar-refractivity contribution in [3.8, 4) is 0 Å². The molecule has 0 heterocycles. The van der Waals surface area contributed by atoms with Crippen LogP contribution in [0.2, 0.25) is 0 Å². The maximum atomic E-state index is 3.67. The molecule has 0 saturated carbocycles. The molecule has 0 amide bonds. The first-order chi connectivity index (χ1) is 5.41. The Labute approximate surface area is 71.0 Å². The number of hydrogen-bond acceptors (Lipinski definition) is 0. The first kappa shape index (κ1) is 10.5. The molecule has 0 aliphatic rings. The predicted octanol–water partition coefficient (Wildman–Crippen LogP) is 4.09. The van der Waals surface area contributed by atoms with Gasteiger partial charge < -0.3 is 0 Å². The molecule has 0 atom stereocenters. The Kier molecular flexibility index (Phi) is 9.03. The lowest BCUT2D eigenvalue weighted by Crippen LogP contribution is -1.70. The Balaban J connectivity index is 2.97. The highest BCUT2D eigenvalue weighted by Gasteiger charge is 1.80. The van der Waals surface area contributed by atoms with Gasteiger partial charge in [-0.1, -0.05) is 38.0 Å². The monoisotopic (exact) mass is 152 g/mol. The second kappa shape index (κ2) is 9.48. The van der Waals surface area contributed by atoms with E-state index in [4.69, 9.17) is 0 Å². The van der Waals surface area contributed by atoms with Crippen molar-refractivity contribution in [2.24, 2.45) is 0 Å². The van der Waals surface area contributed by atoms with Crippen LogP contribution in [0.25, 0.3) is 0 Å². The standard InChI is InChI=1S/C11H20/c1-3-5-7-9-11-10-8-6-4-2/h3,9,11H,1,4-8,10H2,2H3/b11-9-. The van der Waals surface area contributed by atoms with E-state index >= 15 is 0 Å². The van der Waals surface area contributed by atoms with Gasteiger partial charge in [-0.05, 0) is 25.7 Å². The summed E-state index contributed by atoms with van der Waals surface area (Å²) in [5.74, 6) is 0. The maximum absolute atomic E-state index is 3.67. The topological polar surface area (TPSA) is 0 Å². The van der Waals surface area contributed by atoms with E-state index < -0.39 is 0 Å². The van der Waals surface area contributed by atoms with Gasteiger partial charge in [-0.3, -0.25) is 0 Å². The van der Waals surface area contributed by atoms with Crippen LogP contribution in [0.5, 0.6) is 0 Å². The number of allylic oxidation sites excluding steroid dienone is 3. The summed E-state index contributed by atoms with van der Waals surface area (Å²) in [5.41, 5.74) is 0. The minimum Gasteiger partial charge on any atom is -0.103 e. The third kappa shape index (κ3) is 9.48. The average molecular weight is 152 g/mol. The molecule has 11 heavy (non-hydrogen) atoms. The van der Waals surface area contributed by atoms with Gasteiger partial charge in [0.1, 0.15) is 0 Å². The number of hydrogen-bond donors (Lipinski definition) is 0. The lowest BCUT2D eigenvalue weighted by atomic mass is 10.2. The quantitative estimate of drug-likeness (QED) is 0.381. The summed E-state index contributed by atoms with van der Waals surface area (Å²) in [6.07, 6.45) is 14.1. The van der Waals surface area contributed by atoms with Gasteiger partial charge in [0.25, 0.3) is 0 Å². The lowest BCUT2D eigenvalue weighted by molar-refractivity contribution is 0.728. The van der Waals surface area contributed by atoms with Crippen molar-refractivity contribution in [1.29, 1.82) is 0 Å². The molecule has 0 bridgehead atoms. The predicted molar refractivity (Wildman–Crippen MR) is 52.7 cm³/mol. The van der Waals surface area contributed by atoms with E-state index in [1.165, 1.54) is 25.7 Å². The fraction of sp³-hybridized carbons (Fsp3) is 0.636. The van der Waals surface area contributed by atoms with Crippen LogP contribution in [0.4, 0.5) is 0 Å². The lowest BCUT2D eigenvalue weighted by Gasteiger charge is -1.91. The Morgan fingerprint density at radius 2 is 1.73 bits per heavy atom. The second-order valence-electron chi connectivity index (χ2n) is 2.83. The molecule has 0 radical (unpaired) electrons. The van der Waals surface area contributed by atoms with Crippen LogP contribution in [-0.4, -0.2) is 0 Å². The Morgan fingerprint density at radius 3 is 2.36 bits per heavy atom. The molecule has 0 aliphatic heterocycles. The van der Waals surface area contributed by atoms with Crippen LogP contribution in [0.3, 0.4) is 0 Å². The third-order valence-corrected chi connectivity index (χ3v) is 1.68. The molecular weight excluding hydrogens is 132 g/mol. The first-order valence-corrected chi connectivity index (χ1v) is 4.67. The molecule has 0 nitrogen and oxygen atoms in total. The molecule has 0 heteroatoms. The van der Waals surface area contributed by atoms with Crippen molar-refractivity contribution in [2.45, 2.75) is 45.4 Å². The first-order valence-electron chi connectivity index (χ1n) is 4.67. The fourth-order valence-electron chi connectivity index (χ4n) is 0.962. The van der Waals surface area contributed by atoms with Crippen LogP contribution < -0.4 is 0 Å². The van der Waals surface area contributed by atoms with E-state index in [9.17, 15) is 0 Å². The molecule has 0 rings (SSSR count). The molecular formula is C11H20. The highest BCUT2D eigenvalue weighted by molar-refractivity contribution is 4.84. The Bertz CT molecular complexity index is 101. The van der Waals surface area contributed by atoms with E-state index in [2.05, 4.69) is 25.7 Å². The minimum absolute atomic E-state index is 1.12. The van der Waals surface area contributed by atoms with Crippen molar-refractivity contribution in [1.82, 2.24) is 0 Å². The summed E-state index contributed by atoms with van der Waals surface area (Å²) in [5, 5.41) is 0. The normalized spacial score (nSPS) is 10.6. The maximum Gasteiger partial charge on any atom is -0.0316 e. The van der Waals surface area contributed by atoms with Gasteiger partial charge in [0.2, 0.25) is 0 Å². The Morgan fingerprint density at radius 1 is 1.00 bits per heavy atom. The largest absolute Gasteiger partial charge is 0.103 e. The summed E-state index contributed by atoms with van der Waals surface area (Å²) in [6.45, 7) is 5.91. The van der Waals surface area contributed by atoms with Crippen molar-refractivity contribution >= 4 is 0 Å². The van der Waals surface area contributed by atoms with Crippen LogP contribution in [0, 0.1) is 0 Å². The minimum atomic E-state index is 1.12. The summed E-state index contributed by atoms with van der Waals surface area (Å²) < 4.78 is 0. The van der Waals surface area contributed by atoms with Crippen molar-refractivity contribution in [3.05, 3.63) is 24.8 Å². The third-order valence-electron chi connectivity index (χ3n) is 1.68. The van der Waals surface area contributed by atoms with E-state index in [0.29, 0.717) is 0 Å². The zero-order valence-electron chi connectivity index (χ0n) is 7.68. The fourth-order valence-corrected chi connectivity index (χ4v) is 0.962. The second-order valence-corrected chi connectivity index (χ2v) is 2.83. The molecule has 0 aromatic heterocycles. The molecule has 0 saturated heterocycles. The molecule has 64 valence electrons. The van der Waals surface area contributed by atoms with Gasteiger partial charge in [-0.15, -0.1) is 6.58 Å². The van der Waals surface area contributed by atoms with Crippen LogP contribution >= 0.6 is 0 Å². The van der Waals surface area contributed by atoms with Gasteiger partial charge in [-0.2, -0.15) is 0 Å². The smallest absolute Gasteiger partial charge is 0.0316 e. The highest BCUT2D eigenvalue weighted by Crippen LogP contribution is 2.00. The average Bonchev–Trinajstić information content (AvgIpc) is 2.03. The Hall–Kier alpha value is -0.520.